The van der Waals surface area contributed by atoms with Gasteiger partial charge in [-0.15, -0.1) is 0 Å². The second-order valence-corrected chi connectivity index (χ2v) is 4.70. The third-order valence-corrected chi connectivity index (χ3v) is 3.06. The number of ketones is 1. The van der Waals surface area contributed by atoms with E-state index in [9.17, 15) is 22.8 Å². The third kappa shape index (κ3) is 4.06. The van der Waals surface area contributed by atoms with Gasteiger partial charge in [-0.1, -0.05) is 36.9 Å². The zero-order valence-electron chi connectivity index (χ0n) is 11.9. The third-order valence-electron chi connectivity index (χ3n) is 3.06. The Labute approximate surface area is 130 Å². The van der Waals surface area contributed by atoms with Crippen LogP contribution in [0.4, 0.5) is 18.9 Å². The highest BCUT2D eigenvalue weighted by Crippen LogP contribution is 2.25. The van der Waals surface area contributed by atoms with Gasteiger partial charge in [0.25, 0.3) is 5.91 Å². The molecule has 23 heavy (non-hydrogen) atoms. The van der Waals surface area contributed by atoms with Gasteiger partial charge in [0, 0.05) is 16.8 Å². The first kappa shape index (κ1) is 16.5. The maximum Gasteiger partial charge on any atom is 0.421 e. The molecule has 6 heteroatoms. The molecule has 2 rings (SSSR count). The van der Waals surface area contributed by atoms with Crippen LogP contribution >= 0.6 is 0 Å². The average molecular weight is 319 g/mol. The summed E-state index contributed by atoms with van der Waals surface area (Å²) >= 11 is 0. The van der Waals surface area contributed by atoms with E-state index in [4.69, 9.17) is 0 Å². The zero-order chi connectivity index (χ0) is 17.0. The van der Waals surface area contributed by atoms with Gasteiger partial charge in [0.2, 0.25) is 0 Å². The summed E-state index contributed by atoms with van der Waals surface area (Å²) in [6.07, 6.45) is -4.78. The lowest BCUT2D eigenvalue weighted by atomic mass is 10.0. The van der Waals surface area contributed by atoms with Gasteiger partial charge in [0.15, 0.2) is 5.78 Å². The van der Waals surface area contributed by atoms with Gasteiger partial charge in [0.1, 0.15) is 5.57 Å². The van der Waals surface area contributed by atoms with Crippen LogP contribution in [-0.4, -0.2) is 17.9 Å². The molecule has 0 aromatic heterocycles. The Morgan fingerprint density at radius 1 is 0.870 bits per heavy atom. The van der Waals surface area contributed by atoms with Crippen LogP contribution in [0.2, 0.25) is 0 Å². The topological polar surface area (TPSA) is 46.2 Å². The Bertz CT molecular complexity index is 735. The van der Waals surface area contributed by atoms with Gasteiger partial charge in [-0.05, 0) is 24.3 Å². The van der Waals surface area contributed by atoms with Crippen LogP contribution in [0.15, 0.2) is 66.7 Å². The van der Waals surface area contributed by atoms with E-state index in [1.807, 2.05) is 0 Å². The summed E-state index contributed by atoms with van der Waals surface area (Å²) in [6.45, 7) is 2.72. The van der Waals surface area contributed by atoms with Crippen LogP contribution in [0.25, 0.3) is 0 Å². The van der Waals surface area contributed by atoms with Gasteiger partial charge in [0.05, 0.1) is 0 Å². The van der Waals surface area contributed by atoms with Gasteiger partial charge in [-0.3, -0.25) is 9.59 Å². The predicted molar refractivity (Wildman–Crippen MR) is 80.1 cm³/mol. The van der Waals surface area contributed by atoms with E-state index >= 15 is 0 Å². The Balaban J connectivity index is 2.10. The molecule has 0 saturated carbocycles. The number of nitrogens with one attached hydrogen (secondary N) is 1. The lowest BCUT2D eigenvalue weighted by molar-refractivity contribution is -0.126. The van der Waals surface area contributed by atoms with Crippen molar-refractivity contribution in [3.63, 3.8) is 0 Å². The van der Waals surface area contributed by atoms with Crippen LogP contribution in [0.1, 0.15) is 15.9 Å². The zero-order valence-corrected chi connectivity index (χ0v) is 11.9. The summed E-state index contributed by atoms with van der Waals surface area (Å²) in [4.78, 5) is 23.6. The van der Waals surface area contributed by atoms with Crippen molar-refractivity contribution in [1.82, 2.24) is 0 Å². The number of carbonyl (C=O) groups is 2. The SMILES string of the molecule is C=C(C(=O)Nc1ccc(C(=O)c2ccccc2)cc1)C(F)(F)F. The molecule has 0 fully saturated rings. The number of anilines is 1. The summed E-state index contributed by atoms with van der Waals surface area (Å²) in [5.41, 5.74) is -0.481. The van der Waals surface area contributed by atoms with Crippen LogP contribution in [0.3, 0.4) is 0 Å². The maximum absolute atomic E-state index is 12.4. The predicted octanol–water partition coefficient (Wildman–Crippen LogP) is 3.97. The molecule has 1 N–H and O–H groups in total. The standard InChI is InChI=1S/C17H12F3NO2/c1-11(17(18,19)20)16(23)21-14-9-7-13(8-10-14)15(22)12-5-3-2-4-6-12/h2-10H,1H2,(H,21,23). The largest absolute Gasteiger partial charge is 0.421 e. The molecule has 0 heterocycles. The summed E-state index contributed by atoms with van der Waals surface area (Å²) in [5.74, 6) is -1.55. The maximum atomic E-state index is 12.4. The fourth-order valence-electron chi connectivity index (χ4n) is 1.80. The van der Waals surface area contributed by atoms with Gasteiger partial charge >= 0.3 is 6.18 Å². The number of hydrogen-bond acceptors (Lipinski definition) is 2. The monoisotopic (exact) mass is 319 g/mol. The summed E-state index contributed by atoms with van der Waals surface area (Å²) in [5, 5.41) is 2.08. The summed E-state index contributed by atoms with van der Waals surface area (Å²) < 4.78 is 37.1. The normalized spacial score (nSPS) is 10.9. The molecule has 0 spiro atoms. The number of amides is 1. The fraction of sp³-hybridized carbons (Fsp3) is 0.0588. The van der Waals surface area contributed by atoms with E-state index in [-0.39, 0.29) is 11.5 Å². The first-order valence-corrected chi connectivity index (χ1v) is 6.56. The van der Waals surface area contributed by atoms with E-state index in [1.54, 1.807) is 30.3 Å². The van der Waals surface area contributed by atoms with Crippen molar-refractivity contribution in [3.05, 3.63) is 77.9 Å². The van der Waals surface area contributed by atoms with Gasteiger partial charge in [-0.25, -0.2) is 0 Å². The van der Waals surface area contributed by atoms with Crippen molar-refractivity contribution in [2.75, 3.05) is 5.32 Å². The molecular formula is C17H12F3NO2. The minimum Gasteiger partial charge on any atom is -0.322 e. The molecule has 118 valence electrons. The Morgan fingerprint density at radius 3 is 1.91 bits per heavy atom. The first-order chi connectivity index (χ1) is 10.8. The highest BCUT2D eigenvalue weighted by atomic mass is 19.4. The molecule has 0 atom stereocenters. The fourth-order valence-corrected chi connectivity index (χ4v) is 1.80. The van der Waals surface area contributed by atoms with Crippen LogP contribution < -0.4 is 5.32 Å². The van der Waals surface area contributed by atoms with Crippen molar-refractivity contribution < 1.29 is 22.8 Å². The highest BCUT2D eigenvalue weighted by molar-refractivity contribution is 6.09. The molecule has 0 aliphatic rings. The second kappa shape index (κ2) is 6.48. The van der Waals surface area contributed by atoms with Gasteiger partial charge in [-0.2, -0.15) is 13.2 Å². The molecule has 3 nitrogen and oxygen atoms in total. The van der Waals surface area contributed by atoms with Crippen molar-refractivity contribution in [2.45, 2.75) is 6.18 Å². The van der Waals surface area contributed by atoms with Crippen molar-refractivity contribution in [2.24, 2.45) is 0 Å². The number of hydrogen-bond donors (Lipinski definition) is 1. The lowest BCUT2D eigenvalue weighted by Gasteiger charge is -2.10. The van der Waals surface area contributed by atoms with E-state index in [2.05, 4.69) is 11.9 Å². The molecule has 0 bridgehead atoms. The Kier molecular flexibility index (Phi) is 4.64. The summed E-state index contributed by atoms with van der Waals surface area (Å²) in [7, 11) is 0. The van der Waals surface area contributed by atoms with Crippen molar-refractivity contribution in [1.29, 1.82) is 0 Å². The Morgan fingerprint density at radius 2 is 1.39 bits per heavy atom. The molecule has 2 aromatic rings. The second-order valence-electron chi connectivity index (χ2n) is 4.70. The molecule has 0 saturated heterocycles. The van der Waals surface area contributed by atoms with Crippen LogP contribution in [0, 0.1) is 0 Å². The number of rotatable bonds is 4. The van der Waals surface area contributed by atoms with Crippen molar-refractivity contribution in [3.8, 4) is 0 Å². The van der Waals surface area contributed by atoms with E-state index in [1.165, 1.54) is 24.3 Å². The number of carbonyl (C=O) groups excluding carboxylic acids is 2. The van der Waals surface area contributed by atoms with E-state index < -0.39 is 17.7 Å². The molecule has 0 unspecified atom stereocenters. The highest BCUT2D eigenvalue weighted by Gasteiger charge is 2.36. The van der Waals surface area contributed by atoms with E-state index in [0.29, 0.717) is 11.1 Å². The lowest BCUT2D eigenvalue weighted by Crippen LogP contribution is -2.24. The summed E-state index contributed by atoms with van der Waals surface area (Å²) in [6, 6.07) is 14.1. The van der Waals surface area contributed by atoms with Gasteiger partial charge < -0.3 is 5.32 Å². The molecule has 0 aliphatic carbocycles. The van der Waals surface area contributed by atoms with Crippen LogP contribution in [-0.2, 0) is 4.79 Å². The Hall–Kier alpha value is -2.89. The van der Waals surface area contributed by atoms with Crippen LogP contribution in [0.5, 0.6) is 0 Å². The average Bonchev–Trinajstić information content (AvgIpc) is 2.54. The smallest absolute Gasteiger partial charge is 0.322 e. The molecule has 1 amide bonds. The molecular weight excluding hydrogens is 307 g/mol. The number of halogens is 3. The van der Waals surface area contributed by atoms with E-state index in [0.717, 1.165) is 0 Å². The quantitative estimate of drug-likeness (QED) is 0.684. The number of alkyl halides is 3. The molecule has 0 aliphatic heterocycles. The first-order valence-electron chi connectivity index (χ1n) is 6.56. The number of benzene rings is 2. The minimum absolute atomic E-state index is 0.144. The van der Waals surface area contributed by atoms with Crippen molar-refractivity contribution >= 4 is 17.4 Å². The molecule has 2 aromatic carbocycles. The minimum atomic E-state index is -4.78. The molecule has 0 radical (unpaired) electrons.